The third-order valence-corrected chi connectivity index (χ3v) is 2.49. The molecule has 0 saturated carbocycles. The summed E-state index contributed by atoms with van der Waals surface area (Å²) >= 11 is 0. The Hall–Kier alpha value is -2.63. The van der Waals surface area contributed by atoms with Crippen molar-refractivity contribution in [1.29, 1.82) is 0 Å². The molecule has 0 amide bonds. The lowest BCUT2D eigenvalue weighted by molar-refractivity contribution is 0.0555. The second-order valence-electron chi connectivity index (χ2n) is 3.58. The Balaban J connectivity index is 2.53. The fourth-order valence-corrected chi connectivity index (χ4v) is 1.57. The number of rotatable bonds is 3. The summed E-state index contributed by atoms with van der Waals surface area (Å²) in [7, 11) is 2.46. The minimum absolute atomic E-state index is 0.0460. The van der Waals surface area contributed by atoms with Crippen molar-refractivity contribution in [2.24, 2.45) is 0 Å². The molecule has 0 saturated heterocycles. The lowest BCUT2D eigenvalue weighted by atomic mass is 10.1. The van der Waals surface area contributed by atoms with Crippen LogP contribution in [0.4, 0.5) is 0 Å². The van der Waals surface area contributed by atoms with Crippen molar-refractivity contribution in [2.45, 2.75) is 0 Å². The molecule has 0 aliphatic heterocycles. The van der Waals surface area contributed by atoms with E-state index in [1.54, 1.807) is 12.1 Å². The molecular weight excluding hydrogens is 250 g/mol. The number of carbonyl (C=O) groups excluding carboxylic acids is 2. The average molecular weight is 261 g/mol. The summed E-state index contributed by atoms with van der Waals surface area (Å²) in [5, 5.41) is 0. The number of pyridine rings is 1. The van der Waals surface area contributed by atoms with Gasteiger partial charge in [-0.15, -0.1) is 0 Å². The number of furan rings is 1. The summed E-state index contributed by atoms with van der Waals surface area (Å²) in [6.07, 6.45) is 2.75. The lowest BCUT2D eigenvalue weighted by Gasteiger charge is -2.07. The molecule has 0 aromatic carbocycles. The zero-order valence-corrected chi connectivity index (χ0v) is 10.4. The fourth-order valence-electron chi connectivity index (χ4n) is 1.57. The van der Waals surface area contributed by atoms with Crippen molar-refractivity contribution < 1.29 is 23.5 Å². The maximum atomic E-state index is 11.7. The highest BCUT2D eigenvalue weighted by Gasteiger charge is 2.20. The standard InChI is InChI=1S/C13H11NO5/c1-17-12(15)8-6-10(11-4-3-5-19-11)14-7-9(8)13(16)18-2/h3-7H,1-2H3. The molecule has 0 bridgehead atoms. The minimum atomic E-state index is -0.654. The molecule has 6 heteroatoms. The molecular formula is C13H11NO5. The molecule has 0 aliphatic carbocycles. The van der Waals surface area contributed by atoms with E-state index in [0.29, 0.717) is 11.5 Å². The SMILES string of the molecule is COC(=O)c1cnc(-c2ccco2)cc1C(=O)OC. The molecule has 6 nitrogen and oxygen atoms in total. The Kier molecular flexibility index (Phi) is 3.61. The Bertz CT molecular complexity index is 604. The van der Waals surface area contributed by atoms with Crippen molar-refractivity contribution in [3.63, 3.8) is 0 Å². The predicted octanol–water partition coefficient (Wildman–Crippen LogP) is 1.91. The number of carbonyl (C=O) groups is 2. The van der Waals surface area contributed by atoms with E-state index in [2.05, 4.69) is 14.5 Å². The molecule has 0 unspecified atom stereocenters. The molecule has 0 spiro atoms. The smallest absolute Gasteiger partial charge is 0.340 e. The van der Waals surface area contributed by atoms with E-state index in [1.165, 1.54) is 32.7 Å². The summed E-state index contributed by atoms with van der Waals surface area (Å²) in [6.45, 7) is 0. The van der Waals surface area contributed by atoms with Crippen molar-refractivity contribution in [1.82, 2.24) is 4.98 Å². The quantitative estimate of drug-likeness (QED) is 0.785. The fraction of sp³-hybridized carbons (Fsp3) is 0.154. The maximum Gasteiger partial charge on any atom is 0.340 e. The summed E-state index contributed by atoms with van der Waals surface area (Å²) in [5.41, 5.74) is 0.554. The molecule has 0 atom stereocenters. The largest absolute Gasteiger partial charge is 0.465 e. The first-order valence-electron chi connectivity index (χ1n) is 5.38. The van der Waals surface area contributed by atoms with E-state index in [4.69, 9.17) is 4.42 Å². The lowest BCUT2D eigenvalue weighted by Crippen LogP contribution is -2.12. The molecule has 2 rings (SSSR count). The Morgan fingerprint density at radius 1 is 1.16 bits per heavy atom. The monoisotopic (exact) mass is 261 g/mol. The minimum Gasteiger partial charge on any atom is -0.465 e. The zero-order chi connectivity index (χ0) is 13.8. The number of ether oxygens (including phenoxy) is 2. The van der Waals surface area contributed by atoms with Gasteiger partial charge in [-0.3, -0.25) is 4.98 Å². The number of methoxy groups -OCH3 is 2. The summed E-state index contributed by atoms with van der Waals surface area (Å²) in [5.74, 6) is -0.809. The van der Waals surface area contributed by atoms with Crippen molar-refractivity contribution in [3.05, 3.63) is 41.8 Å². The van der Waals surface area contributed by atoms with E-state index in [9.17, 15) is 9.59 Å². The third-order valence-electron chi connectivity index (χ3n) is 2.49. The highest BCUT2D eigenvalue weighted by atomic mass is 16.5. The predicted molar refractivity (Wildman–Crippen MR) is 64.6 cm³/mol. The van der Waals surface area contributed by atoms with Crippen LogP contribution in [0.25, 0.3) is 11.5 Å². The van der Waals surface area contributed by atoms with Crippen molar-refractivity contribution >= 4 is 11.9 Å². The van der Waals surface area contributed by atoms with Gasteiger partial charge in [-0.05, 0) is 18.2 Å². The van der Waals surface area contributed by atoms with Gasteiger partial charge in [-0.1, -0.05) is 0 Å². The molecule has 0 aliphatic rings. The van der Waals surface area contributed by atoms with Crippen LogP contribution in [-0.2, 0) is 9.47 Å². The molecule has 2 aromatic rings. The number of nitrogens with zero attached hydrogens (tertiary/aromatic N) is 1. The second-order valence-corrected chi connectivity index (χ2v) is 3.58. The average Bonchev–Trinajstić information content (AvgIpc) is 2.99. The van der Waals surface area contributed by atoms with Crippen LogP contribution < -0.4 is 0 Å². The highest BCUT2D eigenvalue weighted by molar-refractivity contribution is 6.03. The van der Waals surface area contributed by atoms with Crippen LogP contribution in [-0.4, -0.2) is 31.1 Å². The summed E-state index contributed by atoms with van der Waals surface area (Å²) in [4.78, 5) is 27.3. The topological polar surface area (TPSA) is 78.6 Å². The van der Waals surface area contributed by atoms with E-state index in [1.807, 2.05) is 0 Å². The summed E-state index contributed by atoms with van der Waals surface area (Å²) < 4.78 is 14.4. The molecule has 0 N–H and O–H groups in total. The first kappa shape index (κ1) is 12.8. The zero-order valence-electron chi connectivity index (χ0n) is 10.4. The van der Waals surface area contributed by atoms with Crippen LogP contribution in [0.15, 0.2) is 35.1 Å². The number of hydrogen-bond donors (Lipinski definition) is 0. The van der Waals surface area contributed by atoms with Gasteiger partial charge >= 0.3 is 11.9 Å². The van der Waals surface area contributed by atoms with Crippen LogP contribution in [0.5, 0.6) is 0 Å². The van der Waals surface area contributed by atoms with Crippen LogP contribution in [0.1, 0.15) is 20.7 Å². The van der Waals surface area contributed by atoms with E-state index in [0.717, 1.165) is 0 Å². The molecule has 0 fully saturated rings. The third kappa shape index (κ3) is 2.47. The van der Waals surface area contributed by atoms with Gasteiger partial charge in [-0.25, -0.2) is 9.59 Å². The second kappa shape index (κ2) is 5.34. The van der Waals surface area contributed by atoms with Crippen LogP contribution in [0.3, 0.4) is 0 Å². The Labute approximate surface area is 109 Å². The van der Waals surface area contributed by atoms with Crippen LogP contribution >= 0.6 is 0 Å². The molecule has 2 heterocycles. The van der Waals surface area contributed by atoms with E-state index >= 15 is 0 Å². The number of hydrogen-bond acceptors (Lipinski definition) is 6. The summed E-state index contributed by atoms with van der Waals surface area (Å²) in [6, 6.07) is 4.82. The first-order valence-corrected chi connectivity index (χ1v) is 5.38. The molecule has 98 valence electrons. The highest BCUT2D eigenvalue weighted by Crippen LogP contribution is 2.21. The van der Waals surface area contributed by atoms with Gasteiger partial charge in [-0.2, -0.15) is 0 Å². The van der Waals surface area contributed by atoms with Crippen molar-refractivity contribution in [3.8, 4) is 11.5 Å². The Morgan fingerprint density at radius 3 is 2.42 bits per heavy atom. The van der Waals surface area contributed by atoms with E-state index < -0.39 is 11.9 Å². The van der Waals surface area contributed by atoms with E-state index in [-0.39, 0.29) is 11.1 Å². The van der Waals surface area contributed by atoms with Gasteiger partial charge in [0.2, 0.25) is 0 Å². The van der Waals surface area contributed by atoms with Gasteiger partial charge < -0.3 is 13.9 Å². The van der Waals surface area contributed by atoms with Gasteiger partial charge in [0.15, 0.2) is 5.76 Å². The number of aromatic nitrogens is 1. The first-order chi connectivity index (χ1) is 9.17. The molecule has 19 heavy (non-hydrogen) atoms. The van der Waals surface area contributed by atoms with Crippen molar-refractivity contribution in [2.75, 3.05) is 14.2 Å². The molecule has 0 radical (unpaired) electrons. The maximum absolute atomic E-state index is 11.7. The number of esters is 2. The van der Waals surface area contributed by atoms with Gasteiger partial charge in [0, 0.05) is 6.20 Å². The Morgan fingerprint density at radius 2 is 1.84 bits per heavy atom. The van der Waals surface area contributed by atoms with Crippen LogP contribution in [0, 0.1) is 0 Å². The van der Waals surface area contributed by atoms with Gasteiger partial charge in [0.25, 0.3) is 0 Å². The van der Waals surface area contributed by atoms with Gasteiger partial charge in [0.05, 0.1) is 31.6 Å². The normalized spacial score (nSPS) is 10.0. The van der Waals surface area contributed by atoms with Gasteiger partial charge in [0.1, 0.15) is 5.69 Å². The van der Waals surface area contributed by atoms with Crippen LogP contribution in [0.2, 0.25) is 0 Å². The molecule has 2 aromatic heterocycles.